The van der Waals surface area contributed by atoms with Gasteiger partial charge in [-0.25, -0.2) is 0 Å². The van der Waals surface area contributed by atoms with E-state index in [1.807, 2.05) is 13.8 Å². The summed E-state index contributed by atoms with van der Waals surface area (Å²) in [7, 11) is 0. The standard InChI is InChI=1S/C11H22O3/c1-3-5-7-9(12)11(14)10(13)8-6-4-2/h9,11-12,14H,3-8H2,1-2H3/t9-,11+/m1/s1. The zero-order valence-corrected chi connectivity index (χ0v) is 9.20. The normalized spacial score (nSPS) is 15.1. The van der Waals surface area contributed by atoms with E-state index < -0.39 is 12.2 Å². The Bertz CT molecular complexity index is 157. The van der Waals surface area contributed by atoms with Crippen molar-refractivity contribution in [3.8, 4) is 0 Å². The fourth-order valence-corrected chi connectivity index (χ4v) is 1.28. The molecule has 0 unspecified atom stereocenters. The Labute approximate surface area is 86.1 Å². The number of carbonyl (C=O) groups is 1. The lowest BCUT2D eigenvalue weighted by molar-refractivity contribution is -0.133. The summed E-state index contributed by atoms with van der Waals surface area (Å²) in [5, 5.41) is 18.9. The third-order valence-electron chi connectivity index (χ3n) is 2.32. The van der Waals surface area contributed by atoms with Crippen LogP contribution < -0.4 is 0 Å². The van der Waals surface area contributed by atoms with E-state index in [0.717, 1.165) is 25.7 Å². The maximum atomic E-state index is 11.3. The van der Waals surface area contributed by atoms with Crippen molar-refractivity contribution in [2.24, 2.45) is 0 Å². The van der Waals surface area contributed by atoms with Gasteiger partial charge in [-0.2, -0.15) is 0 Å². The summed E-state index contributed by atoms with van der Waals surface area (Å²) in [5.74, 6) is -0.226. The summed E-state index contributed by atoms with van der Waals surface area (Å²) >= 11 is 0. The van der Waals surface area contributed by atoms with Gasteiger partial charge in [0.15, 0.2) is 5.78 Å². The molecule has 2 atom stereocenters. The second-order valence-corrected chi connectivity index (χ2v) is 3.72. The molecule has 0 spiro atoms. The van der Waals surface area contributed by atoms with Crippen LogP contribution in [0, 0.1) is 0 Å². The molecule has 0 aliphatic heterocycles. The minimum Gasteiger partial charge on any atom is -0.390 e. The molecule has 14 heavy (non-hydrogen) atoms. The number of rotatable bonds is 8. The van der Waals surface area contributed by atoms with Gasteiger partial charge < -0.3 is 10.2 Å². The molecular weight excluding hydrogens is 180 g/mol. The van der Waals surface area contributed by atoms with Crippen LogP contribution in [0.25, 0.3) is 0 Å². The molecule has 0 amide bonds. The van der Waals surface area contributed by atoms with Crippen molar-refractivity contribution in [3.05, 3.63) is 0 Å². The van der Waals surface area contributed by atoms with Crippen LogP contribution in [0.1, 0.15) is 52.4 Å². The Morgan fingerprint density at radius 3 is 2.21 bits per heavy atom. The van der Waals surface area contributed by atoms with Gasteiger partial charge >= 0.3 is 0 Å². The summed E-state index contributed by atoms with van der Waals surface area (Å²) in [6.07, 6.45) is 2.37. The topological polar surface area (TPSA) is 57.5 Å². The van der Waals surface area contributed by atoms with Crippen LogP contribution in [0.5, 0.6) is 0 Å². The van der Waals surface area contributed by atoms with Gasteiger partial charge in [-0.1, -0.05) is 33.1 Å². The maximum Gasteiger partial charge on any atom is 0.163 e. The molecule has 0 aromatic carbocycles. The van der Waals surface area contributed by atoms with Crippen molar-refractivity contribution < 1.29 is 15.0 Å². The monoisotopic (exact) mass is 202 g/mol. The number of hydrogen-bond donors (Lipinski definition) is 2. The molecule has 0 aromatic rings. The zero-order chi connectivity index (χ0) is 11.0. The predicted octanol–water partition coefficient (Wildman–Crippen LogP) is 1.66. The van der Waals surface area contributed by atoms with E-state index in [0.29, 0.717) is 12.8 Å². The van der Waals surface area contributed by atoms with Crippen LogP contribution in [0.4, 0.5) is 0 Å². The molecule has 0 rings (SSSR count). The summed E-state index contributed by atoms with van der Waals surface area (Å²) in [4.78, 5) is 11.3. The van der Waals surface area contributed by atoms with Crippen molar-refractivity contribution in [1.29, 1.82) is 0 Å². The molecule has 2 N–H and O–H groups in total. The van der Waals surface area contributed by atoms with Crippen molar-refractivity contribution in [1.82, 2.24) is 0 Å². The highest BCUT2D eigenvalue weighted by Crippen LogP contribution is 2.08. The van der Waals surface area contributed by atoms with Gasteiger partial charge in [-0.05, 0) is 12.8 Å². The SMILES string of the molecule is CCCCC(=O)[C@@H](O)[C@H](O)CCCC. The first-order chi connectivity index (χ1) is 6.63. The number of carbonyl (C=O) groups excluding carboxylic acids is 1. The third kappa shape index (κ3) is 5.35. The first kappa shape index (κ1) is 13.6. The van der Waals surface area contributed by atoms with Crippen molar-refractivity contribution >= 4 is 5.78 Å². The fraction of sp³-hybridized carbons (Fsp3) is 0.909. The smallest absolute Gasteiger partial charge is 0.163 e. The van der Waals surface area contributed by atoms with Crippen LogP contribution in [0.15, 0.2) is 0 Å². The van der Waals surface area contributed by atoms with Gasteiger partial charge in [-0.15, -0.1) is 0 Å². The zero-order valence-electron chi connectivity index (χ0n) is 9.20. The number of Topliss-reactive ketones (excluding diaryl/α,β-unsaturated/α-hetero) is 1. The van der Waals surface area contributed by atoms with Crippen LogP contribution >= 0.6 is 0 Å². The molecule has 0 saturated carbocycles. The van der Waals surface area contributed by atoms with Crippen LogP contribution in [-0.4, -0.2) is 28.2 Å². The number of aliphatic hydroxyl groups is 2. The molecule has 3 heteroatoms. The summed E-state index contributed by atoms with van der Waals surface area (Å²) in [5.41, 5.74) is 0. The Hall–Kier alpha value is -0.410. The molecule has 84 valence electrons. The summed E-state index contributed by atoms with van der Waals surface area (Å²) in [6, 6.07) is 0. The lowest BCUT2D eigenvalue weighted by atomic mass is 10.0. The maximum absolute atomic E-state index is 11.3. The van der Waals surface area contributed by atoms with Crippen molar-refractivity contribution in [2.45, 2.75) is 64.6 Å². The van der Waals surface area contributed by atoms with Gasteiger partial charge in [0.1, 0.15) is 6.10 Å². The Morgan fingerprint density at radius 1 is 1.14 bits per heavy atom. The molecule has 0 aromatic heterocycles. The quantitative estimate of drug-likeness (QED) is 0.629. The Morgan fingerprint density at radius 2 is 1.71 bits per heavy atom. The lowest BCUT2D eigenvalue weighted by Crippen LogP contribution is -2.33. The van der Waals surface area contributed by atoms with Gasteiger partial charge in [0.2, 0.25) is 0 Å². The fourth-order valence-electron chi connectivity index (χ4n) is 1.28. The van der Waals surface area contributed by atoms with E-state index in [-0.39, 0.29) is 5.78 Å². The molecule has 3 nitrogen and oxygen atoms in total. The number of unbranched alkanes of at least 4 members (excludes halogenated alkanes) is 2. The Balaban J connectivity index is 3.78. The van der Waals surface area contributed by atoms with Gasteiger partial charge in [0, 0.05) is 6.42 Å². The van der Waals surface area contributed by atoms with E-state index in [1.165, 1.54) is 0 Å². The van der Waals surface area contributed by atoms with Gasteiger partial charge in [0.05, 0.1) is 6.10 Å². The van der Waals surface area contributed by atoms with E-state index >= 15 is 0 Å². The average molecular weight is 202 g/mol. The number of hydrogen-bond acceptors (Lipinski definition) is 3. The number of ketones is 1. The molecule has 0 fully saturated rings. The molecule has 0 heterocycles. The van der Waals surface area contributed by atoms with Crippen LogP contribution in [0.2, 0.25) is 0 Å². The molecule has 0 radical (unpaired) electrons. The second kappa shape index (κ2) is 7.94. The highest BCUT2D eigenvalue weighted by atomic mass is 16.3. The van der Waals surface area contributed by atoms with Gasteiger partial charge in [-0.3, -0.25) is 4.79 Å². The molecule has 0 saturated heterocycles. The Kier molecular flexibility index (Phi) is 7.71. The van der Waals surface area contributed by atoms with E-state index in [4.69, 9.17) is 0 Å². The number of aliphatic hydroxyl groups excluding tert-OH is 2. The third-order valence-corrected chi connectivity index (χ3v) is 2.32. The first-order valence-electron chi connectivity index (χ1n) is 5.52. The van der Waals surface area contributed by atoms with Crippen molar-refractivity contribution in [3.63, 3.8) is 0 Å². The lowest BCUT2D eigenvalue weighted by Gasteiger charge is -2.16. The minimum atomic E-state index is -1.17. The van der Waals surface area contributed by atoms with Gasteiger partial charge in [0.25, 0.3) is 0 Å². The molecule has 0 bridgehead atoms. The molecular formula is C11H22O3. The molecule has 0 aliphatic rings. The van der Waals surface area contributed by atoms with E-state index in [1.54, 1.807) is 0 Å². The summed E-state index contributed by atoms with van der Waals surface area (Å²) < 4.78 is 0. The van der Waals surface area contributed by atoms with E-state index in [9.17, 15) is 15.0 Å². The van der Waals surface area contributed by atoms with Crippen LogP contribution in [0.3, 0.4) is 0 Å². The molecule has 0 aliphatic carbocycles. The summed E-state index contributed by atoms with van der Waals surface area (Å²) in [6.45, 7) is 4.01. The predicted molar refractivity (Wildman–Crippen MR) is 56.1 cm³/mol. The average Bonchev–Trinajstić information content (AvgIpc) is 2.21. The van der Waals surface area contributed by atoms with E-state index in [2.05, 4.69) is 0 Å². The second-order valence-electron chi connectivity index (χ2n) is 3.72. The largest absolute Gasteiger partial charge is 0.390 e. The highest BCUT2D eigenvalue weighted by molar-refractivity contribution is 5.83. The van der Waals surface area contributed by atoms with Crippen LogP contribution in [-0.2, 0) is 4.79 Å². The highest BCUT2D eigenvalue weighted by Gasteiger charge is 2.22. The van der Waals surface area contributed by atoms with Crippen molar-refractivity contribution in [2.75, 3.05) is 0 Å². The minimum absolute atomic E-state index is 0.226. The first-order valence-corrected chi connectivity index (χ1v) is 5.52.